The van der Waals surface area contributed by atoms with Gasteiger partial charge in [0, 0.05) is 24.4 Å². The van der Waals surface area contributed by atoms with Gasteiger partial charge in [-0.25, -0.2) is 4.79 Å². The molecule has 0 aliphatic carbocycles. The van der Waals surface area contributed by atoms with E-state index in [0.29, 0.717) is 33.6 Å². The minimum absolute atomic E-state index is 0.222. The van der Waals surface area contributed by atoms with Gasteiger partial charge in [-0.15, -0.1) is 0 Å². The fraction of sp³-hybridized carbons (Fsp3) is 0.172. The Morgan fingerprint density at radius 3 is 2.62 bits per heavy atom. The van der Waals surface area contributed by atoms with E-state index in [4.69, 9.17) is 26.1 Å². The average Bonchev–Trinajstić information content (AvgIpc) is 3.57. The topological polar surface area (TPSA) is 106 Å². The van der Waals surface area contributed by atoms with Gasteiger partial charge in [0.15, 0.2) is 5.11 Å². The Bertz CT molecular complexity index is 1540. The predicted octanol–water partition coefficient (Wildman–Crippen LogP) is 5.27. The number of ether oxygens (including phenoxy) is 2. The largest absolute Gasteiger partial charge is 0.495 e. The van der Waals surface area contributed by atoms with Gasteiger partial charge < -0.3 is 29.4 Å². The minimum Gasteiger partial charge on any atom is -0.495 e. The number of nitrogens with zero attached hydrogens (tertiary/aromatic N) is 2. The molecule has 1 fully saturated rings. The number of anilines is 2. The number of hydrogen-bond acceptors (Lipinski definition) is 7. The third-order valence-corrected chi connectivity index (χ3v) is 6.67. The van der Waals surface area contributed by atoms with Crippen LogP contribution in [-0.2, 0) is 9.53 Å². The first-order chi connectivity index (χ1) is 18.9. The Morgan fingerprint density at radius 2 is 1.90 bits per heavy atom. The lowest BCUT2D eigenvalue weighted by molar-refractivity contribution is -0.114. The molecule has 0 radical (unpaired) electrons. The van der Waals surface area contributed by atoms with Crippen LogP contribution in [0.3, 0.4) is 0 Å². The molecule has 4 aromatic rings. The molecule has 3 heterocycles. The fourth-order valence-corrected chi connectivity index (χ4v) is 4.99. The number of methoxy groups -OCH3 is 2. The number of nitrogens with one attached hydrogen (secondary N) is 2. The molecular formula is C29H26N4O5S. The maximum Gasteiger partial charge on any atom is 0.337 e. The van der Waals surface area contributed by atoms with E-state index in [-0.39, 0.29) is 11.9 Å². The lowest BCUT2D eigenvalue weighted by Gasteiger charge is -2.27. The van der Waals surface area contributed by atoms with Gasteiger partial charge in [-0.2, -0.15) is 0 Å². The molecule has 1 aliphatic heterocycles. The van der Waals surface area contributed by atoms with Crippen LogP contribution in [-0.4, -0.2) is 36.2 Å². The third kappa shape index (κ3) is 5.19. The van der Waals surface area contributed by atoms with Gasteiger partial charge in [0.05, 0.1) is 37.2 Å². The number of hydrogen-bond donors (Lipinski definition) is 2. The van der Waals surface area contributed by atoms with Crippen molar-refractivity contribution in [3.8, 4) is 17.1 Å². The first-order valence-electron chi connectivity index (χ1n) is 12.1. The molecule has 39 heavy (non-hydrogen) atoms. The zero-order valence-corrected chi connectivity index (χ0v) is 22.3. The Morgan fingerprint density at radius 1 is 1.05 bits per heavy atom. The predicted molar refractivity (Wildman–Crippen MR) is 151 cm³/mol. The Balaban J connectivity index is 1.59. The van der Waals surface area contributed by atoms with E-state index in [0.717, 1.165) is 16.9 Å². The van der Waals surface area contributed by atoms with Crippen molar-refractivity contribution >= 4 is 40.6 Å². The number of pyridine rings is 1. The van der Waals surface area contributed by atoms with E-state index >= 15 is 0 Å². The van der Waals surface area contributed by atoms with E-state index in [2.05, 4.69) is 15.6 Å². The molecule has 0 saturated carbocycles. The van der Waals surface area contributed by atoms with Crippen molar-refractivity contribution in [1.29, 1.82) is 0 Å². The van der Waals surface area contributed by atoms with Crippen LogP contribution in [0.2, 0.25) is 0 Å². The Kier molecular flexibility index (Phi) is 7.29. The van der Waals surface area contributed by atoms with Crippen molar-refractivity contribution in [2.24, 2.45) is 0 Å². The van der Waals surface area contributed by atoms with E-state index in [1.54, 1.807) is 37.6 Å². The van der Waals surface area contributed by atoms with Crippen molar-refractivity contribution in [1.82, 2.24) is 10.3 Å². The SMILES string of the molecule is COC(=O)c1cccc(-c2ccc([C@@H]3[C@@H](c4ccccn4)NC(=S)N3c3ccc(OC)c(NC(C)=O)c3)o2)c1. The highest BCUT2D eigenvalue weighted by Gasteiger charge is 2.42. The molecule has 9 nitrogen and oxygen atoms in total. The second kappa shape index (κ2) is 11.0. The maximum atomic E-state index is 12.1. The molecule has 0 unspecified atom stereocenters. The quantitative estimate of drug-likeness (QED) is 0.239. The van der Waals surface area contributed by atoms with Crippen molar-refractivity contribution in [3.05, 3.63) is 96.0 Å². The molecule has 5 rings (SSSR count). The zero-order valence-electron chi connectivity index (χ0n) is 21.5. The van der Waals surface area contributed by atoms with Crippen LogP contribution in [0.15, 0.2) is 83.4 Å². The summed E-state index contributed by atoms with van der Waals surface area (Å²) in [5.41, 5.74) is 3.19. The summed E-state index contributed by atoms with van der Waals surface area (Å²) in [5, 5.41) is 6.68. The van der Waals surface area contributed by atoms with E-state index in [1.807, 2.05) is 53.4 Å². The lowest BCUT2D eigenvalue weighted by Crippen LogP contribution is -2.29. The van der Waals surface area contributed by atoms with Gasteiger partial charge in [0.1, 0.15) is 23.3 Å². The number of rotatable bonds is 7. The minimum atomic E-state index is -0.426. The number of carbonyl (C=O) groups is 2. The summed E-state index contributed by atoms with van der Waals surface area (Å²) >= 11 is 5.80. The first-order valence-corrected chi connectivity index (χ1v) is 12.5. The van der Waals surface area contributed by atoms with Crippen LogP contribution < -0.4 is 20.3 Å². The third-order valence-electron chi connectivity index (χ3n) is 6.36. The summed E-state index contributed by atoms with van der Waals surface area (Å²) in [5.74, 6) is 1.09. The number of esters is 1. The van der Waals surface area contributed by atoms with Crippen LogP contribution in [0, 0.1) is 0 Å². The first kappa shape index (κ1) is 25.9. The number of carbonyl (C=O) groups excluding carboxylic acids is 2. The van der Waals surface area contributed by atoms with Gasteiger partial charge in [-0.3, -0.25) is 9.78 Å². The van der Waals surface area contributed by atoms with Crippen molar-refractivity contribution < 1.29 is 23.5 Å². The number of furan rings is 1. The van der Waals surface area contributed by atoms with E-state index in [9.17, 15) is 9.59 Å². The second-order valence-electron chi connectivity index (χ2n) is 8.84. The number of benzene rings is 2. The van der Waals surface area contributed by atoms with E-state index < -0.39 is 12.0 Å². The van der Waals surface area contributed by atoms with Gasteiger partial charge >= 0.3 is 5.97 Å². The lowest BCUT2D eigenvalue weighted by atomic mass is 10.0. The highest BCUT2D eigenvalue weighted by molar-refractivity contribution is 7.80. The second-order valence-corrected chi connectivity index (χ2v) is 9.22. The average molecular weight is 543 g/mol. The molecule has 2 N–H and O–H groups in total. The van der Waals surface area contributed by atoms with Crippen molar-refractivity contribution in [3.63, 3.8) is 0 Å². The van der Waals surface area contributed by atoms with Gasteiger partial charge in [0.2, 0.25) is 5.91 Å². The summed E-state index contributed by atoms with van der Waals surface area (Å²) in [7, 11) is 2.89. The van der Waals surface area contributed by atoms with Crippen LogP contribution in [0.25, 0.3) is 11.3 Å². The molecule has 2 atom stereocenters. The van der Waals surface area contributed by atoms with Crippen LogP contribution in [0.4, 0.5) is 11.4 Å². The van der Waals surface area contributed by atoms with Crippen LogP contribution in [0.1, 0.15) is 40.8 Å². The summed E-state index contributed by atoms with van der Waals surface area (Å²) < 4.78 is 16.7. The van der Waals surface area contributed by atoms with Crippen molar-refractivity contribution in [2.45, 2.75) is 19.0 Å². The van der Waals surface area contributed by atoms with Crippen LogP contribution in [0.5, 0.6) is 5.75 Å². The number of thiocarbonyl (C=S) groups is 1. The van der Waals surface area contributed by atoms with E-state index in [1.165, 1.54) is 14.0 Å². The summed E-state index contributed by atoms with van der Waals surface area (Å²) in [4.78, 5) is 30.4. The highest BCUT2D eigenvalue weighted by atomic mass is 32.1. The molecular weight excluding hydrogens is 516 g/mol. The fourth-order valence-electron chi connectivity index (χ4n) is 4.64. The molecule has 0 spiro atoms. The zero-order chi connectivity index (χ0) is 27.5. The molecule has 198 valence electrons. The number of aromatic nitrogens is 1. The highest BCUT2D eigenvalue weighted by Crippen LogP contribution is 2.44. The smallest absolute Gasteiger partial charge is 0.337 e. The molecule has 10 heteroatoms. The summed E-state index contributed by atoms with van der Waals surface area (Å²) in [6.07, 6.45) is 1.73. The standard InChI is InChI=1S/C29H26N4O5S/c1-17(34)31-22-16-20(10-11-24(22)36-2)33-27(26(32-29(33)39)21-9-4-5-14-30-21)25-13-12-23(38-25)18-7-6-8-19(15-18)28(35)37-3/h4-16,26-27H,1-3H3,(H,31,34)(H,32,39)/t26-,27-/m1/s1. The van der Waals surface area contributed by atoms with Gasteiger partial charge in [-0.1, -0.05) is 18.2 Å². The summed E-state index contributed by atoms with van der Waals surface area (Å²) in [6, 6.07) is 21.2. The molecule has 1 saturated heterocycles. The van der Waals surface area contributed by atoms with Crippen molar-refractivity contribution in [2.75, 3.05) is 24.4 Å². The molecule has 2 aromatic carbocycles. The monoisotopic (exact) mass is 542 g/mol. The van der Waals surface area contributed by atoms with Gasteiger partial charge in [0.25, 0.3) is 0 Å². The Hall–Kier alpha value is -4.70. The Labute approximate surface area is 230 Å². The van der Waals surface area contributed by atoms with Crippen LogP contribution >= 0.6 is 12.2 Å². The molecule has 2 aromatic heterocycles. The molecule has 1 amide bonds. The number of amides is 1. The normalized spacial score (nSPS) is 16.5. The molecule has 0 bridgehead atoms. The van der Waals surface area contributed by atoms with Gasteiger partial charge in [-0.05, 0) is 66.8 Å². The summed E-state index contributed by atoms with van der Waals surface area (Å²) in [6.45, 7) is 1.44. The molecule has 1 aliphatic rings. The maximum absolute atomic E-state index is 12.1.